The van der Waals surface area contributed by atoms with Crippen LogP contribution in [0, 0.1) is 0 Å². The van der Waals surface area contributed by atoms with Crippen LogP contribution in [-0.4, -0.2) is 15.1 Å². The quantitative estimate of drug-likeness (QED) is 0.722. The van der Waals surface area contributed by atoms with Gasteiger partial charge in [-0.3, -0.25) is 4.99 Å². The van der Waals surface area contributed by atoms with E-state index in [4.69, 9.17) is 11.6 Å². The molecule has 2 aliphatic rings. The zero-order valence-electron chi connectivity index (χ0n) is 7.70. The van der Waals surface area contributed by atoms with Crippen molar-refractivity contribution >= 4 is 22.7 Å². The van der Waals surface area contributed by atoms with Crippen LogP contribution in [0.4, 0.5) is 5.82 Å². The van der Waals surface area contributed by atoms with Crippen molar-refractivity contribution in [3.05, 3.63) is 11.8 Å². The van der Waals surface area contributed by atoms with E-state index in [1.165, 1.54) is 19.3 Å². The summed E-state index contributed by atoms with van der Waals surface area (Å²) < 4.78 is 2.05. The number of aromatic nitrogens is 2. The summed E-state index contributed by atoms with van der Waals surface area (Å²) in [4.78, 5) is 4.11. The fourth-order valence-corrected chi connectivity index (χ4v) is 2.00. The minimum atomic E-state index is 0.471. The van der Waals surface area contributed by atoms with Crippen molar-refractivity contribution in [2.75, 3.05) is 5.32 Å². The molecule has 3 rings (SSSR count). The summed E-state index contributed by atoms with van der Waals surface area (Å²) in [6, 6.07) is 0.564. The Morgan fingerprint density at radius 2 is 2.36 bits per heavy atom. The Morgan fingerprint density at radius 1 is 1.50 bits per heavy atom. The molecule has 14 heavy (non-hydrogen) atoms. The highest BCUT2D eigenvalue weighted by Gasteiger charge is 2.25. The van der Waals surface area contributed by atoms with Crippen molar-refractivity contribution in [1.82, 2.24) is 9.78 Å². The summed E-state index contributed by atoms with van der Waals surface area (Å²) >= 11 is 5.84. The molecule has 2 heterocycles. The highest BCUT2D eigenvalue weighted by Crippen LogP contribution is 2.35. The monoisotopic (exact) mass is 210 g/mol. The van der Waals surface area contributed by atoms with Gasteiger partial charge in [0, 0.05) is 5.56 Å². The first-order chi connectivity index (χ1) is 6.84. The molecule has 1 aromatic heterocycles. The average Bonchev–Trinajstić information content (AvgIpc) is 2.46. The number of halogens is 1. The van der Waals surface area contributed by atoms with Crippen molar-refractivity contribution < 1.29 is 0 Å². The van der Waals surface area contributed by atoms with E-state index in [-0.39, 0.29) is 0 Å². The number of nitrogens with zero attached hydrogens (tertiary/aromatic N) is 3. The van der Waals surface area contributed by atoms with E-state index < -0.39 is 0 Å². The molecule has 1 fully saturated rings. The van der Waals surface area contributed by atoms with Gasteiger partial charge >= 0.3 is 0 Å². The maximum Gasteiger partial charge on any atom is 0.197 e. The first kappa shape index (κ1) is 8.29. The minimum Gasteiger partial charge on any atom is -0.315 e. The van der Waals surface area contributed by atoms with Gasteiger partial charge in [-0.15, -0.1) is 0 Å². The van der Waals surface area contributed by atoms with Crippen molar-refractivity contribution in [3.8, 4) is 0 Å². The second-order valence-electron chi connectivity index (χ2n) is 3.78. The second kappa shape index (κ2) is 2.98. The number of anilines is 1. The molecule has 1 aromatic rings. The molecular formula is C9H11ClN4. The van der Waals surface area contributed by atoms with Crippen LogP contribution in [-0.2, 0) is 6.54 Å². The first-order valence-corrected chi connectivity index (χ1v) is 5.26. The second-order valence-corrected chi connectivity index (χ2v) is 4.14. The number of hydrogen-bond acceptors (Lipinski definition) is 3. The van der Waals surface area contributed by atoms with E-state index in [2.05, 4.69) is 20.1 Å². The predicted molar refractivity (Wildman–Crippen MR) is 55.7 cm³/mol. The molecule has 0 unspecified atom stereocenters. The maximum atomic E-state index is 5.84. The van der Waals surface area contributed by atoms with Crippen LogP contribution in [0.5, 0.6) is 0 Å². The van der Waals surface area contributed by atoms with Crippen LogP contribution >= 0.6 is 11.6 Å². The summed E-state index contributed by atoms with van der Waals surface area (Å²) in [7, 11) is 0. The van der Waals surface area contributed by atoms with E-state index in [1.54, 1.807) is 0 Å². The van der Waals surface area contributed by atoms with E-state index in [0.29, 0.717) is 17.9 Å². The van der Waals surface area contributed by atoms with Gasteiger partial charge in [-0.1, -0.05) is 0 Å². The summed E-state index contributed by atoms with van der Waals surface area (Å²) in [5, 5.41) is 7.92. The number of nitrogens with one attached hydrogen (secondary N) is 1. The lowest BCUT2D eigenvalue weighted by Gasteiger charge is -2.28. The maximum absolute atomic E-state index is 5.84. The predicted octanol–water partition coefficient (Wildman–Crippen LogP) is 2.13. The topological polar surface area (TPSA) is 42.2 Å². The van der Waals surface area contributed by atoms with Gasteiger partial charge in [-0.2, -0.15) is 5.10 Å². The molecule has 1 saturated carbocycles. The number of rotatable bonds is 1. The van der Waals surface area contributed by atoms with E-state index >= 15 is 0 Å². The summed E-state index contributed by atoms with van der Waals surface area (Å²) in [5.41, 5.74) is 1.14. The van der Waals surface area contributed by atoms with Crippen LogP contribution in [0.2, 0.25) is 0 Å². The third-order valence-electron chi connectivity index (χ3n) is 2.90. The van der Waals surface area contributed by atoms with Gasteiger partial charge in [-0.05, 0) is 30.9 Å². The van der Waals surface area contributed by atoms with Gasteiger partial charge in [0.05, 0.1) is 18.8 Å². The standard InChI is InChI=1S/C9H11ClN4/c10-9-11-4-6-5-12-14(8(6)13-9)7-2-1-3-7/h5,7H,1-4H2,(H,11,13). The number of hydrogen-bond donors (Lipinski definition) is 1. The highest BCUT2D eigenvalue weighted by molar-refractivity contribution is 6.67. The van der Waals surface area contributed by atoms with Gasteiger partial charge in [0.25, 0.3) is 0 Å². The Morgan fingerprint density at radius 3 is 3.07 bits per heavy atom. The summed E-state index contributed by atoms with van der Waals surface area (Å²) in [5.74, 6) is 1.04. The normalized spacial score (nSPS) is 20.8. The Labute approximate surface area is 87.0 Å². The van der Waals surface area contributed by atoms with Gasteiger partial charge < -0.3 is 5.32 Å². The zero-order chi connectivity index (χ0) is 9.54. The number of aliphatic imine (C=N–C) groups is 1. The van der Waals surface area contributed by atoms with Gasteiger partial charge in [0.2, 0.25) is 0 Å². The van der Waals surface area contributed by atoms with Crippen molar-refractivity contribution in [2.45, 2.75) is 31.8 Å². The van der Waals surface area contributed by atoms with Gasteiger partial charge in [0.15, 0.2) is 5.29 Å². The van der Waals surface area contributed by atoms with Crippen LogP contribution < -0.4 is 5.32 Å². The van der Waals surface area contributed by atoms with Crippen molar-refractivity contribution in [2.24, 2.45) is 4.99 Å². The molecule has 74 valence electrons. The van der Waals surface area contributed by atoms with Gasteiger partial charge in [-0.25, -0.2) is 4.68 Å². The van der Waals surface area contributed by atoms with E-state index in [0.717, 1.165) is 11.4 Å². The van der Waals surface area contributed by atoms with E-state index in [1.807, 2.05) is 6.20 Å². The molecule has 0 bridgehead atoms. The molecule has 0 radical (unpaired) electrons. The van der Waals surface area contributed by atoms with Crippen LogP contribution in [0.15, 0.2) is 11.2 Å². The molecule has 0 atom stereocenters. The van der Waals surface area contributed by atoms with Gasteiger partial charge in [0.1, 0.15) is 5.82 Å². The lowest BCUT2D eigenvalue weighted by atomic mass is 9.93. The molecule has 0 saturated heterocycles. The van der Waals surface area contributed by atoms with Crippen molar-refractivity contribution in [3.63, 3.8) is 0 Å². The fraction of sp³-hybridized carbons (Fsp3) is 0.556. The largest absolute Gasteiger partial charge is 0.315 e. The first-order valence-electron chi connectivity index (χ1n) is 4.88. The summed E-state index contributed by atoms with van der Waals surface area (Å²) in [6.45, 7) is 0.647. The lowest BCUT2D eigenvalue weighted by Crippen LogP contribution is -2.22. The van der Waals surface area contributed by atoms with Crippen LogP contribution in [0.25, 0.3) is 0 Å². The van der Waals surface area contributed by atoms with E-state index in [9.17, 15) is 0 Å². The lowest BCUT2D eigenvalue weighted by molar-refractivity contribution is 0.293. The summed E-state index contributed by atoms with van der Waals surface area (Å²) in [6.07, 6.45) is 5.64. The van der Waals surface area contributed by atoms with Crippen molar-refractivity contribution in [1.29, 1.82) is 0 Å². The highest BCUT2D eigenvalue weighted by atomic mass is 35.5. The molecule has 4 nitrogen and oxygen atoms in total. The van der Waals surface area contributed by atoms with Crippen LogP contribution in [0.1, 0.15) is 30.9 Å². The molecule has 5 heteroatoms. The third kappa shape index (κ3) is 1.14. The number of amidine groups is 1. The third-order valence-corrected chi connectivity index (χ3v) is 3.12. The zero-order valence-corrected chi connectivity index (χ0v) is 8.46. The molecule has 0 amide bonds. The minimum absolute atomic E-state index is 0.471. The fourth-order valence-electron chi connectivity index (χ4n) is 1.85. The molecular weight excluding hydrogens is 200 g/mol. The molecule has 0 aromatic carbocycles. The average molecular weight is 211 g/mol. The Bertz CT molecular complexity index is 392. The Hall–Kier alpha value is -1.03. The smallest absolute Gasteiger partial charge is 0.197 e. The Balaban J connectivity index is 1.96. The molecule has 0 spiro atoms. The van der Waals surface area contributed by atoms with Crippen LogP contribution in [0.3, 0.4) is 0 Å². The SMILES string of the molecule is ClC1=NCc2cnn(C3CCC3)c2N1. The number of fused-ring (bicyclic) bond motifs is 1. The molecule has 1 N–H and O–H groups in total. The molecule has 1 aliphatic heterocycles. The molecule has 1 aliphatic carbocycles. The Kier molecular flexibility index (Phi) is 1.77.